The molecule has 3 nitrogen and oxygen atoms in total. The quantitative estimate of drug-likeness (QED) is 0.754. The minimum Gasteiger partial charge on any atom is -0.326 e. The summed E-state index contributed by atoms with van der Waals surface area (Å²) in [6.45, 7) is 0.898. The van der Waals surface area contributed by atoms with Crippen molar-refractivity contribution in [3.05, 3.63) is 45.8 Å². The van der Waals surface area contributed by atoms with Gasteiger partial charge < -0.3 is 4.90 Å². The lowest BCUT2D eigenvalue weighted by atomic mass is 10.3. The Bertz CT molecular complexity index is 556. The third kappa shape index (κ3) is 1.91. The molecule has 2 aromatic rings. The molecule has 0 unspecified atom stereocenters. The van der Waals surface area contributed by atoms with Crippen LogP contribution in [0.3, 0.4) is 0 Å². The molecular formula is C12H9BrClN3. The third-order valence-corrected chi connectivity index (χ3v) is 3.70. The molecule has 86 valence electrons. The highest BCUT2D eigenvalue weighted by Crippen LogP contribution is 2.35. The monoisotopic (exact) mass is 309 g/mol. The maximum Gasteiger partial charge on any atom is 0.141 e. The number of hydrogen-bond acceptors (Lipinski definition) is 3. The molecule has 0 N–H and O–H groups in total. The molecule has 2 heterocycles. The average molecular weight is 311 g/mol. The summed E-state index contributed by atoms with van der Waals surface area (Å²) in [5, 5.41) is 0.564. The summed E-state index contributed by atoms with van der Waals surface area (Å²) in [5.74, 6) is 0.923. The zero-order valence-electron chi connectivity index (χ0n) is 8.90. The maximum absolute atomic E-state index is 6.06. The van der Waals surface area contributed by atoms with Crippen LogP contribution >= 0.6 is 27.5 Å². The Hall–Kier alpha value is -1.13. The Balaban J connectivity index is 2.04. The van der Waals surface area contributed by atoms with E-state index >= 15 is 0 Å². The van der Waals surface area contributed by atoms with Gasteiger partial charge in [-0.3, -0.25) is 0 Å². The van der Waals surface area contributed by atoms with E-state index in [0.29, 0.717) is 5.15 Å². The normalized spacial score (nSPS) is 13.9. The predicted octanol–water partition coefficient (Wildman–Crippen LogP) is 3.59. The second-order valence-electron chi connectivity index (χ2n) is 3.84. The first-order valence-corrected chi connectivity index (χ1v) is 6.45. The van der Waals surface area contributed by atoms with Crippen LogP contribution < -0.4 is 4.90 Å². The zero-order valence-corrected chi connectivity index (χ0v) is 11.2. The van der Waals surface area contributed by atoms with Gasteiger partial charge in [-0.1, -0.05) is 27.5 Å². The van der Waals surface area contributed by atoms with Crippen LogP contribution in [0, 0.1) is 0 Å². The average Bonchev–Trinajstić information content (AvgIpc) is 2.75. The lowest BCUT2D eigenvalue weighted by Crippen LogP contribution is -2.14. The Morgan fingerprint density at radius 3 is 2.71 bits per heavy atom. The minimum atomic E-state index is 0.564. The second kappa shape index (κ2) is 4.27. The zero-order chi connectivity index (χ0) is 11.8. The highest BCUT2D eigenvalue weighted by Gasteiger charge is 2.24. The van der Waals surface area contributed by atoms with Gasteiger partial charge in [-0.15, -0.1) is 0 Å². The lowest BCUT2D eigenvalue weighted by molar-refractivity contribution is 0.990. The van der Waals surface area contributed by atoms with Crippen molar-refractivity contribution in [3.63, 3.8) is 0 Å². The Labute approximate surface area is 113 Å². The van der Waals surface area contributed by atoms with E-state index < -0.39 is 0 Å². The molecule has 1 aliphatic heterocycles. The summed E-state index contributed by atoms with van der Waals surface area (Å²) >= 11 is 9.49. The van der Waals surface area contributed by atoms with Gasteiger partial charge in [-0.05, 0) is 30.7 Å². The number of fused-ring (bicyclic) bond motifs is 1. The van der Waals surface area contributed by atoms with Gasteiger partial charge in [0.05, 0.1) is 0 Å². The van der Waals surface area contributed by atoms with Crippen molar-refractivity contribution in [2.45, 2.75) is 6.42 Å². The summed E-state index contributed by atoms with van der Waals surface area (Å²) in [7, 11) is 0. The van der Waals surface area contributed by atoms with Crippen LogP contribution in [0.25, 0.3) is 0 Å². The van der Waals surface area contributed by atoms with Crippen molar-refractivity contribution in [3.8, 4) is 0 Å². The highest BCUT2D eigenvalue weighted by molar-refractivity contribution is 9.10. The van der Waals surface area contributed by atoms with Gasteiger partial charge in [0.15, 0.2) is 0 Å². The highest BCUT2D eigenvalue weighted by atomic mass is 79.9. The van der Waals surface area contributed by atoms with E-state index in [2.05, 4.69) is 42.9 Å². The van der Waals surface area contributed by atoms with Gasteiger partial charge in [0, 0.05) is 22.3 Å². The Kier molecular flexibility index (Phi) is 2.76. The molecule has 0 aliphatic carbocycles. The molecule has 0 saturated heterocycles. The molecule has 3 rings (SSSR count). The van der Waals surface area contributed by atoms with Gasteiger partial charge in [0.25, 0.3) is 0 Å². The van der Waals surface area contributed by atoms with Crippen LogP contribution in [0.15, 0.2) is 35.1 Å². The molecule has 1 aromatic heterocycles. The van der Waals surface area contributed by atoms with E-state index in [0.717, 1.165) is 34.5 Å². The van der Waals surface area contributed by atoms with E-state index in [1.54, 1.807) is 0 Å². The molecule has 0 spiro atoms. The number of rotatable bonds is 1. The molecule has 0 bridgehead atoms. The fraction of sp³-hybridized carbons (Fsp3) is 0.167. The summed E-state index contributed by atoms with van der Waals surface area (Å²) in [6, 6.07) is 8.18. The van der Waals surface area contributed by atoms with Gasteiger partial charge >= 0.3 is 0 Å². The Morgan fingerprint density at radius 2 is 1.94 bits per heavy atom. The van der Waals surface area contributed by atoms with Crippen LogP contribution in [0.4, 0.5) is 11.5 Å². The van der Waals surface area contributed by atoms with E-state index in [9.17, 15) is 0 Å². The van der Waals surface area contributed by atoms with Crippen molar-refractivity contribution in [2.24, 2.45) is 0 Å². The number of halogens is 2. The molecule has 1 aromatic carbocycles. The molecular weight excluding hydrogens is 302 g/mol. The fourth-order valence-corrected chi connectivity index (χ4v) is 2.52. The molecule has 0 fully saturated rings. The number of aromatic nitrogens is 2. The van der Waals surface area contributed by atoms with Crippen LogP contribution in [0.2, 0.25) is 5.15 Å². The number of nitrogens with zero attached hydrogens (tertiary/aromatic N) is 3. The topological polar surface area (TPSA) is 29.0 Å². The van der Waals surface area contributed by atoms with Gasteiger partial charge in [0.1, 0.15) is 17.3 Å². The third-order valence-electron chi connectivity index (χ3n) is 2.85. The molecule has 0 radical (unpaired) electrons. The summed E-state index contributed by atoms with van der Waals surface area (Å²) < 4.78 is 1.07. The van der Waals surface area contributed by atoms with Crippen molar-refractivity contribution < 1.29 is 0 Å². The molecule has 0 atom stereocenters. The number of benzene rings is 1. The SMILES string of the molecule is Clc1ncnc2c1CCN2c1ccc(Br)cc1. The van der Waals surface area contributed by atoms with E-state index in [-0.39, 0.29) is 0 Å². The van der Waals surface area contributed by atoms with Crippen LogP contribution in [0.1, 0.15) is 5.56 Å². The standard InChI is InChI=1S/C12H9BrClN3/c13-8-1-3-9(4-2-8)17-6-5-10-11(14)15-7-16-12(10)17/h1-4,7H,5-6H2. The van der Waals surface area contributed by atoms with E-state index in [1.165, 1.54) is 6.33 Å². The first kappa shape index (κ1) is 11.0. The first-order chi connectivity index (χ1) is 8.25. The van der Waals surface area contributed by atoms with Crippen molar-refractivity contribution in [1.29, 1.82) is 0 Å². The predicted molar refractivity (Wildman–Crippen MR) is 71.9 cm³/mol. The van der Waals surface area contributed by atoms with Gasteiger partial charge in [-0.2, -0.15) is 0 Å². The maximum atomic E-state index is 6.06. The van der Waals surface area contributed by atoms with Crippen molar-refractivity contribution in [2.75, 3.05) is 11.4 Å². The first-order valence-electron chi connectivity index (χ1n) is 5.28. The van der Waals surface area contributed by atoms with Crippen LogP contribution in [-0.4, -0.2) is 16.5 Å². The Morgan fingerprint density at radius 1 is 1.18 bits per heavy atom. The molecule has 0 saturated carbocycles. The fourth-order valence-electron chi connectivity index (χ4n) is 2.03. The van der Waals surface area contributed by atoms with Gasteiger partial charge in [0.2, 0.25) is 0 Å². The number of anilines is 2. The second-order valence-corrected chi connectivity index (χ2v) is 5.12. The lowest BCUT2D eigenvalue weighted by Gasteiger charge is -2.18. The number of hydrogen-bond donors (Lipinski definition) is 0. The summed E-state index contributed by atoms with van der Waals surface area (Å²) in [4.78, 5) is 10.5. The summed E-state index contributed by atoms with van der Waals surface area (Å²) in [5.41, 5.74) is 2.17. The van der Waals surface area contributed by atoms with Crippen LogP contribution in [-0.2, 0) is 6.42 Å². The van der Waals surface area contributed by atoms with Crippen molar-refractivity contribution in [1.82, 2.24) is 9.97 Å². The smallest absolute Gasteiger partial charge is 0.141 e. The molecule has 5 heteroatoms. The van der Waals surface area contributed by atoms with Crippen LogP contribution in [0.5, 0.6) is 0 Å². The molecule has 0 amide bonds. The largest absolute Gasteiger partial charge is 0.326 e. The van der Waals surface area contributed by atoms with Gasteiger partial charge in [-0.25, -0.2) is 9.97 Å². The minimum absolute atomic E-state index is 0.564. The molecule has 1 aliphatic rings. The van der Waals surface area contributed by atoms with E-state index in [1.807, 2.05) is 12.1 Å². The molecule has 17 heavy (non-hydrogen) atoms. The summed E-state index contributed by atoms with van der Waals surface area (Å²) in [6.07, 6.45) is 2.41. The van der Waals surface area contributed by atoms with Crippen molar-refractivity contribution >= 4 is 39.0 Å². The van der Waals surface area contributed by atoms with E-state index in [4.69, 9.17) is 11.6 Å².